The van der Waals surface area contributed by atoms with Gasteiger partial charge in [0.15, 0.2) is 0 Å². The summed E-state index contributed by atoms with van der Waals surface area (Å²) in [5, 5.41) is 7.40. The van der Waals surface area contributed by atoms with Gasteiger partial charge in [-0.05, 0) is 108 Å². The lowest BCUT2D eigenvalue weighted by Gasteiger charge is -2.22. The molecule has 0 atom stereocenters. The van der Waals surface area contributed by atoms with E-state index < -0.39 is 0 Å². The Bertz CT molecular complexity index is 3210. The second-order valence-corrected chi connectivity index (χ2v) is 19.5. The molecular weight excluding hydrogens is 913 g/mol. The molecule has 0 amide bonds. The third-order valence-corrected chi connectivity index (χ3v) is 15.2. The maximum Gasteiger partial charge on any atom is 0.338 e. The Morgan fingerprint density at radius 3 is 1.49 bits per heavy atom. The normalized spacial score (nSPS) is 11.4. The summed E-state index contributed by atoms with van der Waals surface area (Å²) in [7, 11) is 3.16. The molecule has 0 saturated carbocycles. The Hall–Kier alpha value is -6.50. The molecule has 12 heteroatoms. The first kappa shape index (κ1) is 49.9. The van der Waals surface area contributed by atoms with Crippen LogP contribution in [0.2, 0.25) is 0 Å². The number of benzene rings is 6. The molecule has 4 aromatic carbocycles. The van der Waals surface area contributed by atoms with E-state index in [-0.39, 0.29) is 25.2 Å². The molecule has 0 unspecified atom stereocenters. The zero-order valence-electron chi connectivity index (χ0n) is 41.4. The van der Waals surface area contributed by atoms with E-state index >= 15 is 0 Å². The minimum atomic E-state index is -0.388. The molecule has 0 radical (unpaired) electrons. The molecule has 4 aromatic rings. The number of carbonyl (C=O) groups is 2. The van der Waals surface area contributed by atoms with Crippen LogP contribution in [-0.4, -0.2) is 82.5 Å². The van der Waals surface area contributed by atoms with Crippen LogP contribution >= 0.6 is 21.6 Å². The largest absolute Gasteiger partial charge is 0.461 e. The Balaban J connectivity index is 0.943. The number of anilines is 2. The van der Waals surface area contributed by atoms with Gasteiger partial charge in [-0.3, -0.25) is 0 Å². The van der Waals surface area contributed by atoms with Crippen LogP contribution < -0.4 is 30.1 Å². The van der Waals surface area contributed by atoms with Gasteiger partial charge in [-0.25, -0.2) is 18.7 Å². The highest BCUT2D eigenvalue weighted by Gasteiger charge is 2.25. The minimum absolute atomic E-state index is 0.223. The molecule has 362 valence electrons. The van der Waals surface area contributed by atoms with Crippen molar-refractivity contribution in [3.8, 4) is 44.9 Å². The summed E-state index contributed by atoms with van der Waals surface area (Å²) >= 11 is 0. The molecule has 4 aliphatic rings. The van der Waals surface area contributed by atoms with E-state index in [0.29, 0.717) is 22.6 Å². The van der Waals surface area contributed by atoms with Gasteiger partial charge in [-0.1, -0.05) is 58.0 Å². The molecule has 0 fully saturated rings. The van der Waals surface area contributed by atoms with Gasteiger partial charge in [-0.15, -0.1) is 0 Å². The molecule has 1 N–H and O–H groups in total. The van der Waals surface area contributed by atoms with E-state index in [0.717, 1.165) is 135 Å². The Morgan fingerprint density at radius 1 is 0.543 bits per heavy atom. The second-order valence-electron chi connectivity index (χ2n) is 16.8. The summed E-state index contributed by atoms with van der Waals surface area (Å²) in [6.45, 7) is 21.5. The van der Waals surface area contributed by atoms with Crippen LogP contribution in [0.25, 0.3) is 66.8 Å². The fraction of sp³-hybridized carbons (Fsp3) is 0.310. The maximum absolute atomic E-state index is 13.9. The molecule has 2 aliphatic heterocycles. The molecular formula is C58H64N4O6S2+2. The lowest BCUT2D eigenvalue weighted by Crippen LogP contribution is -2.29. The number of hydrogen-bond acceptors (Lipinski definition) is 10. The van der Waals surface area contributed by atoms with Crippen molar-refractivity contribution >= 4 is 66.8 Å². The quantitative estimate of drug-likeness (QED) is 0.0261. The first-order valence-electron chi connectivity index (χ1n) is 24.7. The van der Waals surface area contributed by atoms with Crippen molar-refractivity contribution in [2.24, 2.45) is 0 Å². The first-order valence-corrected chi connectivity index (χ1v) is 27.2. The summed E-state index contributed by atoms with van der Waals surface area (Å²) in [5.74, 6) is 1.87. The lowest BCUT2D eigenvalue weighted by molar-refractivity contribution is 0.0521. The Morgan fingerprint density at radius 2 is 1.01 bits per heavy atom. The first-order chi connectivity index (χ1) is 34.2. The van der Waals surface area contributed by atoms with Gasteiger partial charge in [0.1, 0.15) is 62.1 Å². The van der Waals surface area contributed by atoms with Gasteiger partial charge in [-0.2, -0.15) is 0 Å². The fourth-order valence-electron chi connectivity index (χ4n) is 9.37. The molecule has 10 nitrogen and oxygen atoms in total. The molecule has 8 rings (SSSR count). The average molecular weight is 977 g/mol. The standard InChI is InChI=1S/C58H63N4O6S2/c1-8-59-39-23-27-47-51(35-39)67-52-36-40(60(9-2)10-3)24-28-48(52)55(47)43-19-15-17-21-45(43)57(63)65-31-33-69-70-34-32-66-58(64)46-22-18-16-20-44(46)56-49-29-25-41(61(11-4)12-5)37-53(49)68-54-38-42(26-30-50(54)56)62(13-6)14-7/h15-30,35-38H,8-14,31-34H2,1-7H3/q+1/p+1. The minimum Gasteiger partial charge on any atom is -0.461 e. The SMILES string of the molecule is CCNc1ccc2c(-c3ccccc3C(=O)OCCSSCCOC(=O)c3ccccc3-c3c4ccc(=[N+](CC)CC)cc-4oc4cc(N(CC)CC)ccc34)c3ccc(=[N+](CC)CC)cc-3oc2c1. The van der Waals surface area contributed by atoms with E-state index in [2.05, 4.69) is 128 Å². The third-order valence-electron chi connectivity index (χ3n) is 12.9. The zero-order chi connectivity index (χ0) is 49.1. The summed E-state index contributed by atoms with van der Waals surface area (Å²) in [6.07, 6.45) is 0. The molecule has 0 bridgehead atoms. The van der Waals surface area contributed by atoms with Crippen LogP contribution in [0.4, 0.5) is 11.4 Å². The molecule has 70 heavy (non-hydrogen) atoms. The van der Waals surface area contributed by atoms with Crippen molar-refractivity contribution in [2.45, 2.75) is 48.5 Å². The maximum atomic E-state index is 13.9. The highest BCUT2D eigenvalue weighted by Crippen LogP contribution is 2.44. The van der Waals surface area contributed by atoms with Gasteiger partial charge in [0.25, 0.3) is 0 Å². The Kier molecular flexibility index (Phi) is 16.7. The van der Waals surface area contributed by atoms with E-state index in [1.54, 1.807) is 21.6 Å². The van der Waals surface area contributed by atoms with Crippen LogP contribution in [0.3, 0.4) is 0 Å². The van der Waals surface area contributed by atoms with E-state index in [1.807, 2.05) is 60.7 Å². The smallest absolute Gasteiger partial charge is 0.338 e. The number of rotatable bonds is 20. The van der Waals surface area contributed by atoms with Crippen molar-refractivity contribution in [3.05, 3.63) is 143 Å². The van der Waals surface area contributed by atoms with Gasteiger partial charge in [0, 0.05) is 99.8 Å². The van der Waals surface area contributed by atoms with E-state index in [4.69, 9.17) is 18.3 Å². The van der Waals surface area contributed by atoms with Crippen molar-refractivity contribution in [1.82, 2.24) is 9.15 Å². The number of hydrogen-bond donors (Lipinski definition) is 1. The van der Waals surface area contributed by atoms with Crippen molar-refractivity contribution in [3.63, 3.8) is 0 Å². The number of nitrogens with zero attached hydrogens (tertiary/aromatic N) is 3. The van der Waals surface area contributed by atoms with Crippen molar-refractivity contribution in [1.29, 1.82) is 0 Å². The van der Waals surface area contributed by atoms with Crippen molar-refractivity contribution in [2.75, 3.05) is 80.7 Å². The second kappa shape index (κ2) is 23.4. The van der Waals surface area contributed by atoms with Gasteiger partial charge in [0.2, 0.25) is 10.7 Å². The monoisotopic (exact) mass is 976 g/mol. The fourth-order valence-corrected chi connectivity index (χ4v) is 11.0. The molecule has 0 saturated heterocycles. The molecule has 0 spiro atoms. The predicted octanol–water partition coefficient (Wildman–Crippen LogP) is 12.0. The topological polar surface area (TPSA) is 100 Å². The number of fused-ring (bicyclic) bond motifs is 4. The van der Waals surface area contributed by atoms with Crippen LogP contribution in [0.1, 0.15) is 69.2 Å². The lowest BCUT2D eigenvalue weighted by atomic mass is 9.90. The highest BCUT2D eigenvalue weighted by molar-refractivity contribution is 8.76. The van der Waals surface area contributed by atoms with Crippen LogP contribution in [0, 0.1) is 0 Å². The molecule has 2 heterocycles. The Labute approximate surface area is 419 Å². The van der Waals surface area contributed by atoms with Gasteiger partial charge in [0.05, 0.1) is 23.3 Å². The predicted molar refractivity (Wildman–Crippen MR) is 292 cm³/mol. The van der Waals surface area contributed by atoms with Crippen LogP contribution in [-0.2, 0) is 9.47 Å². The van der Waals surface area contributed by atoms with Gasteiger partial charge >= 0.3 is 11.9 Å². The molecule has 0 aromatic heterocycles. The zero-order valence-corrected chi connectivity index (χ0v) is 43.1. The summed E-state index contributed by atoms with van der Waals surface area (Å²) in [5.41, 5.74) is 9.81. The summed E-state index contributed by atoms with van der Waals surface area (Å²) in [4.78, 5) is 30.1. The summed E-state index contributed by atoms with van der Waals surface area (Å²) in [6, 6.07) is 40.5. The number of carbonyl (C=O) groups excluding carboxylic acids is 2. The van der Waals surface area contributed by atoms with Crippen LogP contribution in [0.5, 0.6) is 0 Å². The summed E-state index contributed by atoms with van der Waals surface area (Å²) < 4.78 is 29.7. The van der Waals surface area contributed by atoms with Gasteiger partial charge < -0.3 is 28.5 Å². The van der Waals surface area contributed by atoms with E-state index in [1.165, 1.54) is 0 Å². The highest BCUT2D eigenvalue weighted by atomic mass is 33.1. The number of nitrogens with one attached hydrogen (secondary N) is 1. The number of esters is 2. The average Bonchev–Trinajstić information content (AvgIpc) is 3.39. The van der Waals surface area contributed by atoms with Crippen molar-refractivity contribution < 1.29 is 27.9 Å². The van der Waals surface area contributed by atoms with Crippen LogP contribution in [0.15, 0.2) is 130 Å². The van der Waals surface area contributed by atoms with E-state index in [9.17, 15) is 9.59 Å². The number of ether oxygens (including phenoxy) is 2. The molecule has 2 aliphatic carbocycles. The third kappa shape index (κ3) is 10.6.